The minimum Gasteiger partial charge on any atom is -0.233 e. The summed E-state index contributed by atoms with van der Waals surface area (Å²) in [5.41, 5.74) is 2.00. The summed E-state index contributed by atoms with van der Waals surface area (Å²) in [4.78, 5) is 10.6. The predicted octanol–water partition coefficient (Wildman–Crippen LogP) is 2.51. The van der Waals surface area contributed by atoms with E-state index in [1.165, 1.54) is 0 Å². The van der Waals surface area contributed by atoms with Crippen LogP contribution < -0.4 is 0 Å². The second kappa shape index (κ2) is 2.67. The normalized spacial score (nSPS) is 22.5. The molecule has 0 aliphatic heterocycles. The van der Waals surface area contributed by atoms with Gasteiger partial charge in [-0.3, -0.25) is 0 Å². The molecule has 1 nitrogen and oxygen atoms in total. The van der Waals surface area contributed by atoms with E-state index in [1.54, 1.807) is 0 Å². The molecule has 0 unspecified atom stereocenters. The Morgan fingerprint density at radius 2 is 2.18 bits per heavy atom. The zero-order valence-electron chi connectivity index (χ0n) is 7.40. The molecule has 0 fully saturated rings. The van der Waals surface area contributed by atoms with Gasteiger partial charge in [0.2, 0.25) is 0 Å². The van der Waals surface area contributed by atoms with Crippen LogP contribution in [-0.4, -0.2) is 5.94 Å². The van der Waals surface area contributed by atoms with Crippen molar-refractivity contribution in [3.8, 4) is 0 Å². The molecule has 0 amide bonds. The Morgan fingerprint density at radius 3 is 2.55 bits per heavy atom. The van der Waals surface area contributed by atoms with E-state index in [4.69, 9.17) is 0 Å². The highest BCUT2D eigenvalue weighted by atomic mass is 16.1. The van der Waals surface area contributed by atoms with Gasteiger partial charge >= 0.3 is 0 Å². The van der Waals surface area contributed by atoms with E-state index < -0.39 is 0 Å². The lowest BCUT2D eigenvalue weighted by molar-refractivity contribution is 0.405. The van der Waals surface area contributed by atoms with Crippen molar-refractivity contribution in [1.29, 1.82) is 0 Å². The lowest BCUT2D eigenvalue weighted by atomic mass is 9.74. The number of rotatable bonds is 0. The van der Waals surface area contributed by atoms with Crippen molar-refractivity contribution >= 4 is 5.94 Å². The van der Waals surface area contributed by atoms with Gasteiger partial charge in [-0.05, 0) is 25.3 Å². The second-order valence-electron chi connectivity index (χ2n) is 3.79. The van der Waals surface area contributed by atoms with Crippen LogP contribution in [0, 0.1) is 5.41 Å². The molecule has 0 spiro atoms. The Hall–Kier alpha value is -0.810. The summed E-state index contributed by atoms with van der Waals surface area (Å²) in [6.07, 6.45) is 4.27. The van der Waals surface area contributed by atoms with E-state index in [1.807, 2.05) is 12.9 Å². The van der Waals surface area contributed by atoms with Crippen molar-refractivity contribution in [3.05, 3.63) is 17.2 Å². The lowest BCUT2D eigenvalue weighted by Crippen LogP contribution is -2.19. The van der Waals surface area contributed by atoms with Crippen molar-refractivity contribution in [2.24, 2.45) is 5.41 Å². The van der Waals surface area contributed by atoms with E-state index >= 15 is 0 Å². The Labute approximate surface area is 67.8 Å². The van der Waals surface area contributed by atoms with Crippen molar-refractivity contribution in [2.45, 2.75) is 33.6 Å². The van der Waals surface area contributed by atoms with Crippen molar-refractivity contribution in [1.82, 2.24) is 0 Å². The fraction of sp³-hybridized carbons (Fsp3) is 0.600. The Morgan fingerprint density at radius 1 is 1.55 bits per heavy atom. The van der Waals surface area contributed by atoms with Crippen LogP contribution in [0.3, 0.4) is 0 Å². The highest BCUT2D eigenvalue weighted by Gasteiger charge is 2.27. The molecule has 1 rings (SSSR count). The maximum Gasteiger partial charge on any atom is 0.128 e. The van der Waals surface area contributed by atoms with E-state index in [9.17, 15) is 4.79 Å². The summed E-state index contributed by atoms with van der Waals surface area (Å²) >= 11 is 0. The largest absolute Gasteiger partial charge is 0.233 e. The van der Waals surface area contributed by atoms with E-state index in [2.05, 4.69) is 19.9 Å². The van der Waals surface area contributed by atoms with Gasteiger partial charge in [0.05, 0.1) is 0 Å². The molecule has 1 aliphatic carbocycles. The molecule has 0 aromatic heterocycles. The van der Waals surface area contributed by atoms with Gasteiger partial charge in [0, 0.05) is 11.0 Å². The first-order chi connectivity index (χ1) is 5.08. The zero-order chi connectivity index (χ0) is 8.48. The van der Waals surface area contributed by atoms with Gasteiger partial charge in [0.1, 0.15) is 5.94 Å². The van der Waals surface area contributed by atoms with Gasteiger partial charge in [-0.25, -0.2) is 4.79 Å². The molecular weight excluding hydrogens is 136 g/mol. The van der Waals surface area contributed by atoms with Gasteiger partial charge in [-0.1, -0.05) is 19.9 Å². The Balaban J connectivity index is 3.10. The quantitative estimate of drug-likeness (QED) is 0.485. The van der Waals surface area contributed by atoms with Crippen molar-refractivity contribution in [3.63, 3.8) is 0 Å². The van der Waals surface area contributed by atoms with E-state index in [0.717, 1.165) is 24.0 Å². The van der Waals surface area contributed by atoms with Crippen molar-refractivity contribution < 1.29 is 4.79 Å². The van der Waals surface area contributed by atoms with Crippen LogP contribution in [0.15, 0.2) is 17.2 Å². The highest BCUT2D eigenvalue weighted by Crippen LogP contribution is 2.38. The van der Waals surface area contributed by atoms with E-state index in [-0.39, 0.29) is 5.41 Å². The summed E-state index contributed by atoms with van der Waals surface area (Å²) in [5.74, 6) is 2.04. The second-order valence-corrected chi connectivity index (χ2v) is 3.79. The average molecular weight is 150 g/mol. The first-order valence-corrected chi connectivity index (χ1v) is 4.00. The van der Waals surface area contributed by atoms with Crippen molar-refractivity contribution in [2.75, 3.05) is 0 Å². The molecule has 0 N–H and O–H groups in total. The minimum absolute atomic E-state index is 0.0422. The van der Waals surface area contributed by atoms with E-state index in [0.29, 0.717) is 0 Å². The third kappa shape index (κ3) is 1.44. The highest BCUT2D eigenvalue weighted by molar-refractivity contribution is 5.63. The molecule has 0 radical (unpaired) electrons. The first-order valence-electron chi connectivity index (χ1n) is 4.00. The van der Waals surface area contributed by atoms with Gasteiger partial charge in [-0.15, -0.1) is 0 Å². The predicted molar refractivity (Wildman–Crippen MR) is 46.0 cm³/mol. The molecule has 0 bridgehead atoms. The topological polar surface area (TPSA) is 17.1 Å². The SMILES string of the molecule is CC1=CCCC(C)(C)C1=C=O. The lowest BCUT2D eigenvalue weighted by Gasteiger charge is -2.29. The van der Waals surface area contributed by atoms with Crippen LogP contribution in [0.1, 0.15) is 33.6 Å². The molecular formula is C10H14O. The third-order valence-corrected chi connectivity index (χ3v) is 2.39. The molecule has 0 aromatic carbocycles. The average Bonchev–Trinajstić information content (AvgIpc) is 1.86. The minimum atomic E-state index is 0.0422. The summed E-state index contributed by atoms with van der Waals surface area (Å²) in [6.45, 7) is 6.19. The molecule has 0 saturated heterocycles. The fourth-order valence-electron chi connectivity index (χ4n) is 1.63. The molecule has 0 heterocycles. The smallest absolute Gasteiger partial charge is 0.128 e. The fourth-order valence-corrected chi connectivity index (χ4v) is 1.63. The van der Waals surface area contributed by atoms with Crippen LogP contribution in [0.2, 0.25) is 0 Å². The molecule has 11 heavy (non-hydrogen) atoms. The van der Waals surface area contributed by atoms with Crippen LogP contribution in [-0.2, 0) is 4.79 Å². The molecule has 1 aliphatic rings. The standard InChI is InChI=1S/C10H14O/c1-8-5-4-6-10(2,3)9(8)7-11/h5H,4,6H2,1-3H3. The maximum atomic E-state index is 10.6. The molecule has 1 heteroatoms. The van der Waals surface area contributed by atoms with Gasteiger partial charge < -0.3 is 0 Å². The Kier molecular flexibility index (Phi) is 2.01. The summed E-state index contributed by atoms with van der Waals surface area (Å²) in [7, 11) is 0. The van der Waals surface area contributed by atoms with Crippen LogP contribution in [0.4, 0.5) is 0 Å². The monoisotopic (exact) mass is 150 g/mol. The third-order valence-electron chi connectivity index (χ3n) is 2.39. The maximum absolute atomic E-state index is 10.6. The molecule has 0 aromatic rings. The molecule has 60 valence electrons. The number of hydrogen-bond donors (Lipinski definition) is 0. The summed E-state index contributed by atoms with van der Waals surface area (Å²) in [5, 5.41) is 0. The number of carbonyl (C=O) groups excluding carboxylic acids is 1. The first kappa shape index (κ1) is 8.29. The molecule has 0 saturated carbocycles. The zero-order valence-corrected chi connectivity index (χ0v) is 7.40. The Bertz CT molecular complexity index is 240. The van der Waals surface area contributed by atoms with Crippen LogP contribution in [0.5, 0.6) is 0 Å². The van der Waals surface area contributed by atoms with Crippen LogP contribution >= 0.6 is 0 Å². The van der Waals surface area contributed by atoms with Gasteiger partial charge in [0.15, 0.2) is 0 Å². The van der Waals surface area contributed by atoms with Crippen LogP contribution in [0.25, 0.3) is 0 Å². The number of allylic oxidation sites excluding steroid dienone is 3. The van der Waals surface area contributed by atoms with Gasteiger partial charge in [-0.2, -0.15) is 0 Å². The summed E-state index contributed by atoms with van der Waals surface area (Å²) < 4.78 is 0. The molecule has 0 atom stereocenters. The number of hydrogen-bond acceptors (Lipinski definition) is 1. The summed E-state index contributed by atoms with van der Waals surface area (Å²) in [6, 6.07) is 0. The van der Waals surface area contributed by atoms with Gasteiger partial charge in [0.25, 0.3) is 0 Å².